The summed E-state index contributed by atoms with van der Waals surface area (Å²) in [6.07, 6.45) is 12.8. The molecule has 4 fully saturated rings. The molecule has 0 aromatic carbocycles. The van der Waals surface area contributed by atoms with Crippen LogP contribution in [0.4, 0.5) is 0 Å². The first-order valence-corrected chi connectivity index (χ1v) is 7.81. The number of rotatable bonds is 2. The quantitative estimate of drug-likeness (QED) is 0.640. The molecule has 0 spiro atoms. The fourth-order valence-corrected chi connectivity index (χ4v) is 6.19. The molecule has 0 heterocycles. The van der Waals surface area contributed by atoms with Gasteiger partial charge in [0, 0.05) is 0 Å². The van der Waals surface area contributed by atoms with Gasteiger partial charge >= 0.3 is 0 Å². The van der Waals surface area contributed by atoms with E-state index in [1.807, 2.05) is 0 Å². The Morgan fingerprint density at radius 3 is 1.50 bits per heavy atom. The molecular weight excluding hydrogens is 192 g/mol. The zero-order valence-electron chi connectivity index (χ0n) is 10.7. The standard InChI is InChI=1S/C16H26/c1-10(15-8-11-2-4-13(15)6-11)16-9-12-3-5-14(16)7-12/h10-16H,2-9H2,1H3. The second-order valence-corrected chi connectivity index (χ2v) is 7.54. The minimum absolute atomic E-state index is 1.07. The first-order chi connectivity index (χ1) is 7.81. The van der Waals surface area contributed by atoms with Gasteiger partial charge in [0.2, 0.25) is 0 Å². The largest absolute Gasteiger partial charge is 0.0620 e. The van der Waals surface area contributed by atoms with E-state index < -0.39 is 0 Å². The maximum atomic E-state index is 2.62. The highest BCUT2D eigenvalue weighted by atomic mass is 14.5. The summed E-state index contributed by atoms with van der Waals surface area (Å²) in [6.45, 7) is 2.62. The lowest BCUT2D eigenvalue weighted by molar-refractivity contribution is 0.134. The molecule has 0 heteroatoms. The van der Waals surface area contributed by atoms with Crippen LogP contribution in [-0.2, 0) is 0 Å². The van der Waals surface area contributed by atoms with Crippen LogP contribution in [0.15, 0.2) is 0 Å². The van der Waals surface area contributed by atoms with E-state index >= 15 is 0 Å². The van der Waals surface area contributed by atoms with Gasteiger partial charge in [-0.25, -0.2) is 0 Å². The van der Waals surface area contributed by atoms with Crippen LogP contribution in [-0.4, -0.2) is 0 Å². The molecule has 90 valence electrons. The van der Waals surface area contributed by atoms with Gasteiger partial charge in [0.05, 0.1) is 0 Å². The van der Waals surface area contributed by atoms with Crippen LogP contribution >= 0.6 is 0 Å². The Morgan fingerprint density at radius 1 is 0.688 bits per heavy atom. The highest BCUT2D eigenvalue weighted by molar-refractivity contribution is 4.98. The van der Waals surface area contributed by atoms with Crippen molar-refractivity contribution in [3.05, 3.63) is 0 Å². The molecule has 4 aliphatic rings. The summed E-state index contributed by atoms with van der Waals surface area (Å²) >= 11 is 0. The van der Waals surface area contributed by atoms with Gasteiger partial charge in [-0.05, 0) is 80.0 Å². The lowest BCUT2D eigenvalue weighted by Gasteiger charge is -2.36. The third-order valence-electron chi connectivity index (χ3n) is 6.94. The highest BCUT2D eigenvalue weighted by Crippen LogP contribution is 2.58. The summed E-state index contributed by atoms with van der Waals surface area (Å²) in [4.78, 5) is 0. The predicted molar refractivity (Wildman–Crippen MR) is 67.0 cm³/mol. The Labute approximate surface area is 100 Å². The smallest absolute Gasteiger partial charge is 0.0355 e. The van der Waals surface area contributed by atoms with Crippen LogP contribution in [0.5, 0.6) is 0 Å². The van der Waals surface area contributed by atoms with Gasteiger partial charge in [-0.2, -0.15) is 0 Å². The van der Waals surface area contributed by atoms with Gasteiger partial charge in [0.15, 0.2) is 0 Å². The fraction of sp³-hybridized carbons (Fsp3) is 1.00. The van der Waals surface area contributed by atoms with Gasteiger partial charge in [0.25, 0.3) is 0 Å². The van der Waals surface area contributed by atoms with Crippen LogP contribution in [0.1, 0.15) is 58.3 Å². The molecule has 0 aromatic heterocycles. The average Bonchev–Trinajstić information content (AvgIpc) is 3.06. The number of fused-ring (bicyclic) bond motifs is 4. The Bertz CT molecular complexity index is 254. The van der Waals surface area contributed by atoms with Gasteiger partial charge in [0.1, 0.15) is 0 Å². The van der Waals surface area contributed by atoms with Crippen molar-refractivity contribution in [2.75, 3.05) is 0 Å². The molecule has 0 N–H and O–H groups in total. The summed E-state index contributed by atoms with van der Waals surface area (Å²) in [7, 11) is 0. The Morgan fingerprint density at radius 2 is 1.19 bits per heavy atom. The maximum absolute atomic E-state index is 2.62. The van der Waals surface area contributed by atoms with Crippen LogP contribution in [0, 0.1) is 41.4 Å². The van der Waals surface area contributed by atoms with Crippen LogP contribution in [0.25, 0.3) is 0 Å². The van der Waals surface area contributed by atoms with Crippen molar-refractivity contribution in [2.24, 2.45) is 41.4 Å². The van der Waals surface area contributed by atoms with Crippen LogP contribution < -0.4 is 0 Å². The number of hydrogen-bond acceptors (Lipinski definition) is 0. The van der Waals surface area contributed by atoms with Gasteiger partial charge in [-0.15, -0.1) is 0 Å². The monoisotopic (exact) mass is 218 g/mol. The van der Waals surface area contributed by atoms with E-state index in [1.165, 1.54) is 0 Å². The van der Waals surface area contributed by atoms with E-state index in [1.54, 1.807) is 51.4 Å². The molecular formula is C16H26. The maximum Gasteiger partial charge on any atom is -0.0355 e. The first kappa shape index (κ1) is 9.97. The molecule has 0 amide bonds. The minimum atomic E-state index is 1.07. The van der Waals surface area contributed by atoms with Crippen molar-refractivity contribution >= 4 is 0 Å². The lowest BCUT2D eigenvalue weighted by atomic mass is 9.69. The molecule has 0 aromatic rings. The van der Waals surface area contributed by atoms with Crippen molar-refractivity contribution in [2.45, 2.75) is 58.3 Å². The minimum Gasteiger partial charge on any atom is -0.0620 e. The van der Waals surface area contributed by atoms with Crippen molar-refractivity contribution in [3.8, 4) is 0 Å². The zero-order chi connectivity index (χ0) is 10.7. The first-order valence-electron chi connectivity index (χ1n) is 7.81. The predicted octanol–water partition coefficient (Wildman–Crippen LogP) is 4.49. The van der Waals surface area contributed by atoms with Crippen molar-refractivity contribution < 1.29 is 0 Å². The molecule has 0 saturated heterocycles. The molecule has 0 nitrogen and oxygen atoms in total. The van der Waals surface area contributed by atoms with E-state index in [-0.39, 0.29) is 0 Å². The average molecular weight is 218 g/mol. The third-order valence-corrected chi connectivity index (χ3v) is 6.94. The van der Waals surface area contributed by atoms with E-state index in [9.17, 15) is 0 Å². The van der Waals surface area contributed by atoms with E-state index in [0.29, 0.717) is 0 Å². The number of hydrogen-bond donors (Lipinski definition) is 0. The summed E-state index contributed by atoms with van der Waals surface area (Å²) in [5, 5.41) is 0. The topological polar surface area (TPSA) is 0 Å². The Hall–Kier alpha value is 0. The molecule has 6 unspecified atom stereocenters. The highest BCUT2D eigenvalue weighted by Gasteiger charge is 2.48. The lowest BCUT2D eigenvalue weighted by Crippen LogP contribution is -2.28. The zero-order valence-corrected chi connectivity index (χ0v) is 10.7. The summed E-state index contributed by atoms with van der Waals surface area (Å²) < 4.78 is 0. The normalized spacial score (nSPS) is 56.1. The van der Waals surface area contributed by atoms with Crippen molar-refractivity contribution in [1.82, 2.24) is 0 Å². The van der Waals surface area contributed by atoms with E-state index in [2.05, 4.69) is 6.92 Å². The SMILES string of the molecule is CC(C1CC2CCC1C2)C1CC2CCC1C2. The Balaban J connectivity index is 1.48. The second kappa shape index (κ2) is 3.50. The van der Waals surface area contributed by atoms with Gasteiger partial charge < -0.3 is 0 Å². The summed E-state index contributed by atoms with van der Waals surface area (Å²) in [5.74, 6) is 7.96. The molecule has 6 atom stereocenters. The van der Waals surface area contributed by atoms with E-state index in [4.69, 9.17) is 0 Å². The van der Waals surface area contributed by atoms with E-state index in [0.717, 1.165) is 41.4 Å². The van der Waals surface area contributed by atoms with Crippen LogP contribution in [0.3, 0.4) is 0 Å². The van der Waals surface area contributed by atoms with Crippen molar-refractivity contribution in [1.29, 1.82) is 0 Å². The fourth-order valence-electron chi connectivity index (χ4n) is 6.19. The molecule has 4 aliphatic carbocycles. The Kier molecular flexibility index (Phi) is 2.18. The molecule has 4 bridgehead atoms. The molecule has 0 radical (unpaired) electrons. The molecule has 0 aliphatic heterocycles. The van der Waals surface area contributed by atoms with Crippen LogP contribution in [0.2, 0.25) is 0 Å². The van der Waals surface area contributed by atoms with Gasteiger partial charge in [-0.1, -0.05) is 19.8 Å². The summed E-state index contributed by atoms with van der Waals surface area (Å²) in [5.41, 5.74) is 0. The molecule has 16 heavy (non-hydrogen) atoms. The third kappa shape index (κ3) is 1.34. The van der Waals surface area contributed by atoms with Crippen molar-refractivity contribution in [3.63, 3.8) is 0 Å². The van der Waals surface area contributed by atoms with Gasteiger partial charge in [-0.3, -0.25) is 0 Å². The summed E-state index contributed by atoms with van der Waals surface area (Å²) in [6, 6.07) is 0. The second-order valence-electron chi connectivity index (χ2n) is 7.54. The molecule has 4 saturated carbocycles. The molecule has 4 rings (SSSR count).